The van der Waals surface area contributed by atoms with Gasteiger partial charge in [-0.3, -0.25) is 4.90 Å². The molecule has 3 nitrogen and oxygen atoms in total. The Balaban J connectivity index is 2.00. The molecule has 82 valence electrons. The normalized spacial score (nSPS) is 17.9. The Morgan fingerprint density at radius 1 is 1.33 bits per heavy atom. The second-order valence-corrected chi connectivity index (χ2v) is 4.01. The van der Waals surface area contributed by atoms with Crippen molar-refractivity contribution >= 4 is 0 Å². The van der Waals surface area contributed by atoms with Crippen molar-refractivity contribution in [1.29, 1.82) is 0 Å². The van der Waals surface area contributed by atoms with Crippen LogP contribution >= 0.6 is 0 Å². The molecule has 1 saturated heterocycles. The van der Waals surface area contributed by atoms with Gasteiger partial charge in [-0.05, 0) is 24.1 Å². The molecule has 1 aliphatic rings. The van der Waals surface area contributed by atoms with Gasteiger partial charge in [-0.1, -0.05) is 12.1 Å². The van der Waals surface area contributed by atoms with Gasteiger partial charge in [0.2, 0.25) is 0 Å². The first-order valence-corrected chi connectivity index (χ1v) is 5.34. The highest BCUT2D eigenvalue weighted by Gasteiger charge is 2.10. The van der Waals surface area contributed by atoms with Crippen LogP contribution in [0.3, 0.4) is 0 Å². The molecule has 0 aromatic heterocycles. The fourth-order valence-corrected chi connectivity index (χ4v) is 1.77. The molecule has 1 N–H and O–H groups in total. The van der Waals surface area contributed by atoms with E-state index in [2.05, 4.69) is 11.0 Å². The lowest BCUT2D eigenvalue weighted by Gasteiger charge is -2.26. The highest BCUT2D eigenvalue weighted by molar-refractivity contribution is 5.35. The molecule has 15 heavy (non-hydrogen) atoms. The third-order valence-electron chi connectivity index (χ3n) is 2.78. The van der Waals surface area contributed by atoms with Gasteiger partial charge in [-0.25, -0.2) is 0 Å². The fourth-order valence-electron chi connectivity index (χ4n) is 1.77. The monoisotopic (exact) mass is 207 g/mol. The summed E-state index contributed by atoms with van der Waals surface area (Å²) in [6.07, 6.45) is 0. The van der Waals surface area contributed by atoms with Crippen LogP contribution in [0.4, 0.5) is 0 Å². The minimum Gasteiger partial charge on any atom is -0.508 e. The summed E-state index contributed by atoms with van der Waals surface area (Å²) < 4.78 is 5.29. The van der Waals surface area contributed by atoms with E-state index < -0.39 is 0 Å². The molecular formula is C12H17NO2. The molecule has 0 spiro atoms. The predicted octanol–water partition coefficient (Wildman–Crippen LogP) is 1.53. The van der Waals surface area contributed by atoms with Crippen LogP contribution < -0.4 is 0 Å². The number of aryl methyl sites for hydroxylation is 1. The first-order valence-electron chi connectivity index (χ1n) is 5.34. The number of morpholine rings is 1. The predicted molar refractivity (Wildman–Crippen MR) is 58.9 cm³/mol. The van der Waals surface area contributed by atoms with E-state index in [-0.39, 0.29) is 0 Å². The van der Waals surface area contributed by atoms with Gasteiger partial charge >= 0.3 is 0 Å². The molecule has 1 heterocycles. The fraction of sp³-hybridized carbons (Fsp3) is 0.500. The van der Waals surface area contributed by atoms with E-state index >= 15 is 0 Å². The summed E-state index contributed by atoms with van der Waals surface area (Å²) in [7, 11) is 0. The first-order chi connectivity index (χ1) is 7.25. The van der Waals surface area contributed by atoms with E-state index in [0.717, 1.165) is 38.4 Å². The van der Waals surface area contributed by atoms with Crippen molar-refractivity contribution in [2.45, 2.75) is 13.5 Å². The molecule has 0 unspecified atom stereocenters. The van der Waals surface area contributed by atoms with Gasteiger partial charge in [-0.2, -0.15) is 0 Å². The zero-order valence-corrected chi connectivity index (χ0v) is 9.07. The van der Waals surface area contributed by atoms with Gasteiger partial charge in [0, 0.05) is 19.6 Å². The molecule has 0 atom stereocenters. The van der Waals surface area contributed by atoms with Crippen molar-refractivity contribution in [2.75, 3.05) is 26.3 Å². The van der Waals surface area contributed by atoms with Crippen LogP contribution in [0.25, 0.3) is 0 Å². The number of hydrogen-bond donors (Lipinski definition) is 1. The summed E-state index contributed by atoms with van der Waals surface area (Å²) in [5.74, 6) is 0.390. The Labute approximate surface area is 90.3 Å². The third kappa shape index (κ3) is 2.70. The molecule has 0 bridgehead atoms. The Kier molecular flexibility index (Phi) is 3.23. The smallest absolute Gasteiger partial charge is 0.118 e. The molecule has 1 aromatic carbocycles. The largest absolute Gasteiger partial charge is 0.508 e. The van der Waals surface area contributed by atoms with E-state index in [1.807, 2.05) is 19.1 Å². The van der Waals surface area contributed by atoms with Crippen LogP contribution in [0.5, 0.6) is 5.75 Å². The lowest BCUT2D eigenvalue weighted by Crippen LogP contribution is -2.35. The number of rotatable bonds is 2. The standard InChI is InChI=1S/C12H17NO2/c1-10-2-3-11(8-12(10)14)9-13-4-6-15-7-5-13/h2-3,8,14H,4-7,9H2,1H3. The Morgan fingerprint density at radius 2 is 2.07 bits per heavy atom. The van der Waals surface area contributed by atoms with E-state index in [1.54, 1.807) is 0 Å². The second-order valence-electron chi connectivity index (χ2n) is 4.01. The molecule has 2 rings (SSSR count). The first kappa shape index (κ1) is 10.5. The van der Waals surface area contributed by atoms with Crippen LogP contribution in [-0.2, 0) is 11.3 Å². The zero-order valence-electron chi connectivity index (χ0n) is 9.07. The third-order valence-corrected chi connectivity index (χ3v) is 2.78. The number of phenols is 1. The molecule has 0 amide bonds. The molecule has 0 radical (unpaired) electrons. The van der Waals surface area contributed by atoms with Gasteiger partial charge in [0.05, 0.1) is 13.2 Å². The highest BCUT2D eigenvalue weighted by Crippen LogP contribution is 2.18. The molecule has 1 aliphatic heterocycles. The number of hydrogen-bond acceptors (Lipinski definition) is 3. The average molecular weight is 207 g/mol. The van der Waals surface area contributed by atoms with Crippen LogP contribution in [0.15, 0.2) is 18.2 Å². The number of ether oxygens (including phenoxy) is 1. The van der Waals surface area contributed by atoms with Gasteiger partial charge < -0.3 is 9.84 Å². The van der Waals surface area contributed by atoms with E-state index in [9.17, 15) is 5.11 Å². The highest BCUT2D eigenvalue weighted by atomic mass is 16.5. The summed E-state index contributed by atoms with van der Waals surface area (Å²) in [5.41, 5.74) is 2.10. The minimum absolute atomic E-state index is 0.390. The SMILES string of the molecule is Cc1ccc(CN2CCOCC2)cc1O. The lowest BCUT2D eigenvalue weighted by molar-refractivity contribution is 0.0341. The molecule has 1 aromatic rings. The van der Waals surface area contributed by atoms with Crippen LogP contribution in [0, 0.1) is 6.92 Å². The lowest BCUT2D eigenvalue weighted by atomic mass is 10.1. The maximum Gasteiger partial charge on any atom is 0.118 e. The molecule has 3 heteroatoms. The summed E-state index contributed by atoms with van der Waals surface area (Å²) in [6.45, 7) is 6.41. The summed E-state index contributed by atoms with van der Waals surface area (Å²) in [5, 5.41) is 9.59. The summed E-state index contributed by atoms with van der Waals surface area (Å²) in [6, 6.07) is 5.89. The molecular weight excluding hydrogens is 190 g/mol. The quantitative estimate of drug-likeness (QED) is 0.798. The molecule has 0 aliphatic carbocycles. The van der Waals surface area contributed by atoms with Crippen molar-refractivity contribution in [3.8, 4) is 5.75 Å². The van der Waals surface area contributed by atoms with Crippen molar-refractivity contribution in [3.05, 3.63) is 29.3 Å². The van der Waals surface area contributed by atoms with Crippen molar-refractivity contribution in [1.82, 2.24) is 4.90 Å². The minimum atomic E-state index is 0.390. The Morgan fingerprint density at radius 3 is 2.73 bits per heavy atom. The van der Waals surface area contributed by atoms with Crippen molar-refractivity contribution in [3.63, 3.8) is 0 Å². The van der Waals surface area contributed by atoms with Gasteiger partial charge in [0.15, 0.2) is 0 Å². The number of nitrogens with zero attached hydrogens (tertiary/aromatic N) is 1. The number of aromatic hydroxyl groups is 1. The number of benzene rings is 1. The van der Waals surface area contributed by atoms with Crippen LogP contribution in [-0.4, -0.2) is 36.3 Å². The second kappa shape index (κ2) is 4.64. The molecule has 0 saturated carbocycles. The van der Waals surface area contributed by atoms with Crippen LogP contribution in [0.2, 0.25) is 0 Å². The maximum absolute atomic E-state index is 9.59. The van der Waals surface area contributed by atoms with Gasteiger partial charge in [0.25, 0.3) is 0 Å². The zero-order chi connectivity index (χ0) is 10.7. The van der Waals surface area contributed by atoms with Crippen LogP contribution in [0.1, 0.15) is 11.1 Å². The van der Waals surface area contributed by atoms with E-state index in [4.69, 9.17) is 4.74 Å². The maximum atomic E-state index is 9.59. The van der Waals surface area contributed by atoms with Gasteiger partial charge in [-0.15, -0.1) is 0 Å². The topological polar surface area (TPSA) is 32.7 Å². The Bertz CT molecular complexity index is 332. The van der Waals surface area contributed by atoms with E-state index in [0.29, 0.717) is 5.75 Å². The molecule has 1 fully saturated rings. The average Bonchev–Trinajstić information content (AvgIpc) is 2.25. The Hall–Kier alpha value is -1.06. The van der Waals surface area contributed by atoms with Crippen molar-refractivity contribution in [2.24, 2.45) is 0 Å². The van der Waals surface area contributed by atoms with Gasteiger partial charge in [0.1, 0.15) is 5.75 Å². The number of phenolic OH excluding ortho intramolecular Hbond substituents is 1. The summed E-state index contributed by atoms with van der Waals surface area (Å²) >= 11 is 0. The van der Waals surface area contributed by atoms with Crippen molar-refractivity contribution < 1.29 is 9.84 Å². The summed E-state index contributed by atoms with van der Waals surface area (Å²) in [4.78, 5) is 2.34. The van der Waals surface area contributed by atoms with E-state index in [1.165, 1.54) is 5.56 Å².